The van der Waals surface area contributed by atoms with E-state index in [1.165, 1.54) is 0 Å². The van der Waals surface area contributed by atoms with E-state index in [-0.39, 0.29) is 0 Å². The summed E-state index contributed by atoms with van der Waals surface area (Å²) in [6, 6.07) is 7.72. The van der Waals surface area contributed by atoms with Crippen LogP contribution in [0.15, 0.2) is 33.8 Å². The summed E-state index contributed by atoms with van der Waals surface area (Å²) in [5, 5.41) is 15.2. The number of halogens is 1. The van der Waals surface area contributed by atoms with Gasteiger partial charge < -0.3 is 10.4 Å². The Kier molecular flexibility index (Phi) is 3.98. The molecule has 0 fully saturated rings. The van der Waals surface area contributed by atoms with Crippen molar-refractivity contribution in [3.63, 3.8) is 0 Å². The van der Waals surface area contributed by atoms with Gasteiger partial charge >= 0.3 is 7.05 Å². The van der Waals surface area contributed by atoms with Gasteiger partial charge in [-0.3, -0.25) is 0 Å². The molecule has 1 rings (SSSR count). The lowest BCUT2D eigenvalue weighted by molar-refractivity contribution is 0.559. The van der Waals surface area contributed by atoms with Crippen LogP contribution in [0.25, 0.3) is 0 Å². The quantitative estimate of drug-likeness (QED) is 0.478. The molecule has 0 saturated heterocycles. The van der Waals surface area contributed by atoms with Crippen molar-refractivity contribution < 1.29 is 5.02 Å². The largest absolute Gasteiger partial charge is 0.432 e. The molecule has 0 aliphatic rings. The molecule has 0 radical (unpaired) electrons. The van der Waals surface area contributed by atoms with Crippen LogP contribution in [0.4, 0.5) is 0 Å². The second-order valence-electron chi connectivity index (χ2n) is 2.61. The van der Waals surface area contributed by atoms with Gasteiger partial charge in [0.1, 0.15) is 0 Å². The lowest BCUT2D eigenvalue weighted by Crippen LogP contribution is -2.25. The standard InChI is InChI=1S/C8H10BBrN2O/c1-9(13)12-11-6-7-2-4-8(10)5-3-7/h2-6,12-13H,1H3/b11-6-. The van der Waals surface area contributed by atoms with Crippen molar-refractivity contribution >= 4 is 29.2 Å². The molecule has 0 aromatic heterocycles. The van der Waals surface area contributed by atoms with Gasteiger partial charge in [-0.2, -0.15) is 5.10 Å². The van der Waals surface area contributed by atoms with Crippen LogP contribution in [-0.2, 0) is 0 Å². The van der Waals surface area contributed by atoms with Crippen molar-refractivity contribution in [2.24, 2.45) is 5.10 Å². The number of nitrogens with zero attached hydrogens (tertiary/aromatic N) is 1. The van der Waals surface area contributed by atoms with Crippen LogP contribution in [-0.4, -0.2) is 18.3 Å². The average molecular weight is 241 g/mol. The second-order valence-corrected chi connectivity index (χ2v) is 3.53. The first kappa shape index (κ1) is 10.3. The van der Waals surface area contributed by atoms with Crippen LogP contribution in [0.1, 0.15) is 5.56 Å². The van der Waals surface area contributed by atoms with Gasteiger partial charge in [0, 0.05) is 4.47 Å². The Morgan fingerprint density at radius 2 is 2.08 bits per heavy atom. The number of hydrazone groups is 1. The number of benzene rings is 1. The van der Waals surface area contributed by atoms with Crippen LogP contribution < -0.4 is 5.34 Å². The maximum Gasteiger partial charge on any atom is 0.423 e. The molecule has 1 aromatic carbocycles. The number of nitrogens with one attached hydrogen (secondary N) is 1. The van der Waals surface area contributed by atoms with E-state index in [1.54, 1.807) is 13.0 Å². The predicted octanol–water partition coefficient (Wildman–Crippen LogP) is 1.48. The number of hydrogen-bond donors (Lipinski definition) is 2. The highest BCUT2D eigenvalue weighted by Gasteiger charge is 1.96. The monoisotopic (exact) mass is 240 g/mol. The molecule has 13 heavy (non-hydrogen) atoms. The molecular formula is C8H10BBrN2O. The van der Waals surface area contributed by atoms with E-state index < -0.39 is 7.05 Å². The molecule has 2 N–H and O–H groups in total. The molecular weight excluding hydrogens is 231 g/mol. The lowest BCUT2D eigenvalue weighted by Gasteiger charge is -1.97. The van der Waals surface area contributed by atoms with E-state index in [0.29, 0.717) is 0 Å². The van der Waals surface area contributed by atoms with E-state index in [0.717, 1.165) is 10.0 Å². The van der Waals surface area contributed by atoms with Crippen LogP contribution in [0, 0.1) is 0 Å². The van der Waals surface area contributed by atoms with Gasteiger partial charge in [0.05, 0.1) is 6.21 Å². The van der Waals surface area contributed by atoms with Gasteiger partial charge in [-0.15, -0.1) is 0 Å². The van der Waals surface area contributed by atoms with E-state index in [2.05, 4.69) is 26.4 Å². The van der Waals surface area contributed by atoms with E-state index in [4.69, 9.17) is 5.02 Å². The average Bonchev–Trinajstić information content (AvgIpc) is 2.08. The highest BCUT2D eigenvalue weighted by Crippen LogP contribution is 2.08. The zero-order valence-corrected chi connectivity index (χ0v) is 8.82. The van der Waals surface area contributed by atoms with E-state index in [9.17, 15) is 0 Å². The Morgan fingerprint density at radius 3 is 2.62 bits per heavy atom. The molecule has 0 atom stereocenters. The van der Waals surface area contributed by atoms with Crippen molar-refractivity contribution in [1.82, 2.24) is 5.34 Å². The Hall–Kier alpha value is -0.805. The van der Waals surface area contributed by atoms with Crippen molar-refractivity contribution in [2.75, 3.05) is 0 Å². The molecule has 0 aliphatic carbocycles. The zero-order chi connectivity index (χ0) is 9.68. The summed E-state index contributed by atoms with van der Waals surface area (Å²) >= 11 is 3.34. The van der Waals surface area contributed by atoms with Gasteiger partial charge in [-0.1, -0.05) is 28.1 Å². The third-order valence-electron chi connectivity index (χ3n) is 1.34. The number of rotatable bonds is 3. The minimum absolute atomic E-state index is 0.619. The fourth-order valence-electron chi connectivity index (χ4n) is 0.769. The van der Waals surface area contributed by atoms with Gasteiger partial charge in [-0.25, -0.2) is 0 Å². The highest BCUT2D eigenvalue weighted by molar-refractivity contribution is 9.10. The smallest absolute Gasteiger partial charge is 0.423 e. The zero-order valence-electron chi connectivity index (χ0n) is 7.24. The molecule has 0 amide bonds. The van der Waals surface area contributed by atoms with E-state index in [1.807, 2.05) is 24.3 Å². The highest BCUT2D eigenvalue weighted by atomic mass is 79.9. The molecule has 68 valence electrons. The molecule has 0 unspecified atom stereocenters. The second kappa shape index (κ2) is 5.04. The number of hydrogen-bond acceptors (Lipinski definition) is 3. The molecule has 3 nitrogen and oxygen atoms in total. The molecule has 0 bridgehead atoms. The predicted molar refractivity (Wildman–Crippen MR) is 58.7 cm³/mol. The molecule has 0 saturated carbocycles. The van der Waals surface area contributed by atoms with E-state index >= 15 is 0 Å². The SMILES string of the molecule is CB(O)N/N=C\c1ccc(Br)cc1. The summed E-state index contributed by atoms with van der Waals surface area (Å²) in [4.78, 5) is 0. The van der Waals surface area contributed by atoms with Crippen LogP contribution in [0.2, 0.25) is 6.82 Å². The first-order chi connectivity index (χ1) is 6.18. The maximum absolute atomic E-state index is 8.84. The third-order valence-corrected chi connectivity index (χ3v) is 1.87. The Labute approximate surface area is 86.1 Å². The summed E-state index contributed by atoms with van der Waals surface area (Å²) in [5.41, 5.74) is 0.983. The minimum Gasteiger partial charge on any atom is -0.432 e. The lowest BCUT2D eigenvalue weighted by atomic mass is 9.91. The summed E-state index contributed by atoms with van der Waals surface area (Å²) in [6.07, 6.45) is 1.65. The molecule has 0 heterocycles. The van der Waals surface area contributed by atoms with Crippen LogP contribution in [0.5, 0.6) is 0 Å². The fraction of sp³-hybridized carbons (Fsp3) is 0.125. The fourth-order valence-corrected chi connectivity index (χ4v) is 1.03. The minimum atomic E-state index is -0.619. The van der Waals surface area contributed by atoms with Gasteiger partial charge in [0.25, 0.3) is 0 Å². The Bertz CT molecular complexity index is 287. The summed E-state index contributed by atoms with van der Waals surface area (Å²) < 4.78 is 1.04. The van der Waals surface area contributed by atoms with Crippen LogP contribution >= 0.6 is 15.9 Å². The van der Waals surface area contributed by atoms with Gasteiger partial charge in [0.2, 0.25) is 0 Å². The first-order valence-corrected chi connectivity index (χ1v) is 4.70. The van der Waals surface area contributed by atoms with Crippen molar-refractivity contribution in [1.29, 1.82) is 0 Å². The Morgan fingerprint density at radius 1 is 1.46 bits per heavy atom. The van der Waals surface area contributed by atoms with Crippen LogP contribution in [0.3, 0.4) is 0 Å². The molecule has 5 heteroatoms. The van der Waals surface area contributed by atoms with Crippen molar-refractivity contribution in [3.05, 3.63) is 34.3 Å². The molecule has 1 aromatic rings. The molecule has 0 aliphatic heterocycles. The van der Waals surface area contributed by atoms with Crippen molar-refractivity contribution in [2.45, 2.75) is 6.82 Å². The van der Waals surface area contributed by atoms with Gasteiger partial charge in [0.15, 0.2) is 0 Å². The maximum atomic E-state index is 8.84. The summed E-state index contributed by atoms with van der Waals surface area (Å²) in [5.74, 6) is 0. The third kappa shape index (κ3) is 4.10. The van der Waals surface area contributed by atoms with Crippen molar-refractivity contribution in [3.8, 4) is 0 Å². The Balaban J connectivity index is 2.54. The molecule has 0 spiro atoms. The normalized spacial score (nSPS) is 10.4. The summed E-state index contributed by atoms with van der Waals surface area (Å²) in [7, 11) is -0.619. The van der Waals surface area contributed by atoms with Gasteiger partial charge in [-0.05, 0) is 24.5 Å². The topological polar surface area (TPSA) is 44.6 Å². The first-order valence-electron chi connectivity index (χ1n) is 3.91. The summed E-state index contributed by atoms with van der Waals surface area (Å²) in [6.45, 7) is 1.61.